The van der Waals surface area contributed by atoms with Crippen molar-refractivity contribution in [3.63, 3.8) is 0 Å². The second-order valence-corrected chi connectivity index (χ2v) is 6.19. The van der Waals surface area contributed by atoms with E-state index in [9.17, 15) is 8.42 Å². The number of sulfonamides is 1. The molecule has 0 saturated carbocycles. The normalized spacial score (nSPS) is 11.9. The fraction of sp³-hybridized carbons (Fsp3) is 0.636. The fourth-order valence-corrected chi connectivity index (χ4v) is 2.08. The van der Waals surface area contributed by atoms with Gasteiger partial charge in [0.1, 0.15) is 0 Å². The number of guanidine groups is 1. The van der Waals surface area contributed by atoms with Crippen LogP contribution in [0.4, 0.5) is 0 Å². The first-order valence-electron chi connectivity index (χ1n) is 6.37. The summed E-state index contributed by atoms with van der Waals surface area (Å²) in [6, 6.07) is 1.91. The summed E-state index contributed by atoms with van der Waals surface area (Å²) in [4.78, 5) is 4.06. The van der Waals surface area contributed by atoms with E-state index in [0.29, 0.717) is 25.6 Å². The summed E-state index contributed by atoms with van der Waals surface area (Å²) in [5.41, 5.74) is 1.03. The Morgan fingerprint density at radius 3 is 2.62 bits per heavy atom. The Balaban J connectivity index is 0.00000400. The van der Waals surface area contributed by atoms with Gasteiger partial charge in [0.05, 0.1) is 18.0 Å². The maximum Gasteiger partial charge on any atom is 0.211 e. The molecular weight excluding hydrogens is 407 g/mol. The zero-order valence-electron chi connectivity index (χ0n) is 12.5. The molecule has 0 radical (unpaired) electrons. The van der Waals surface area contributed by atoms with Gasteiger partial charge in [-0.15, -0.1) is 24.0 Å². The molecule has 1 heterocycles. The number of aromatic nitrogens is 2. The number of hydrogen-bond acceptors (Lipinski definition) is 4. The summed E-state index contributed by atoms with van der Waals surface area (Å²) in [5.74, 6) is 0.697. The molecule has 0 aliphatic rings. The summed E-state index contributed by atoms with van der Waals surface area (Å²) >= 11 is 0. The minimum Gasteiger partial charge on any atom is -0.355 e. The fourth-order valence-electron chi connectivity index (χ4n) is 1.46. The molecule has 10 heteroatoms. The number of aryl methyl sites for hydroxylation is 1. The van der Waals surface area contributed by atoms with E-state index >= 15 is 0 Å². The number of aliphatic imine (C=N–C) groups is 1. The van der Waals surface area contributed by atoms with Crippen molar-refractivity contribution in [2.75, 3.05) is 25.9 Å². The second kappa shape index (κ2) is 9.95. The van der Waals surface area contributed by atoms with Gasteiger partial charge >= 0.3 is 0 Å². The number of rotatable bonds is 7. The highest BCUT2D eigenvalue weighted by Gasteiger charge is 2.05. The minimum absolute atomic E-state index is 0. The van der Waals surface area contributed by atoms with Gasteiger partial charge in [-0.2, -0.15) is 5.10 Å². The molecule has 0 bridgehead atoms. The van der Waals surface area contributed by atoms with Crippen LogP contribution in [0, 0.1) is 0 Å². The Bertz CT molecular complexity index is 543. The molecule has 0 aliphatic carbocycles. The molecule has 0 aromatic carbocycles. The third-order valence-electron chi connectivity index (χ3n) is 2.70. The van der Waals surface area contributed by atoms with E-state index in [0.717, 1.165) is 5.69 Å². The SMILES string of the molecule is CCS(=O)(=O)NCCNC(=NC)NCc1ccnn1C.I. The molecule has 0 saturated heterocycles. The first-order chi connectivity index (χ1) is 9.48. The average molecular weight is 430 g/mol. The topological polar surface area (TPSA) is 100 Å². The standard InChI is InChI=1S/C11H22N6O2S.HI/c1-4-20(18,19)16-8-7-13-11(12-2)14-9-10-5-6-15-17(10)3;/h5-6,16H,4,7-9H2,1-3H3,(H2,12,13,14);1H. The van der Waals surface area contributed by atoms with Gasteiger partial charge in [0.15, 0.2) is 5.96 Å². The van der Waals surface area contributed by atoms with Gasteiger partial charge < -0.3 is 10.6 Å². The summed E-state index contributed by atoms with van der Waals surface area (Å²) in [5, 5.41) is 10.2. The van der Waals surface area contributed by atoms with Crippen molar-refractivity contribution in [2.24, 2.45) is 12.0 Å². The molecule has 1 rings (SSSR count). The van der Waals surface area contributed by atoms with Gasteiger partial charge in [0.25, 0.3) is 0 Å². The Morgan fingerprint density at radius 1 is 1.38 bits per heavy atom. The zero-order chi connectivity index (χ0) is 15.0. The molecule has 1 aromatic heterocycles. The molecule has 0 atom stereocenters. The maximum atomic E-state index is 11.2. The molecule has 0 amide bonds. The van der Waals surface area contributed by atoms with Crippen LogP contribution in [0.3, 0.4) is 0 Å². The van der Waals surface area contributed by atoms with E-state index in [-0.39, 0.29) is 29.7 Å². The summed E-state index contributed by atoms with van der Waals surface area (Å²) in [6.07, 6.45) is 1.73. The molecule has 0 fully saturated rings. The zero-order valence-corrected chi connectivity index (χ0v) is 15.6. The summed E-state index contributed by atoms with van der Waals surface area (Å²) < 4.78 is 26.7. The number of hydrogen-bond donors (Lipinski definition) is 3. The van der Waals surface area contributed by atoms with Crippen molar-refractivity contribution >= 4 is 40.0 Å². The third kappa shape index (κ3) is 7.62. The highest BCUT2D eigenvalue weighted by atomic mass is 127. The van der Waals surface area contributed by atoms with E-state index in [1.807, 2.05) is 13.1 Å². The van der Waals surface area contributed by atoms with Crippen LogP contribution in [0.1, 0.15) is 12.6 Å². The van der Waals surface area contributed by atoms with Crippen molar-refractivity contribution < 1.29 is 8.42 Å². The highest BCUT2D eigenvalue weighted by Crippen LogP contribution is 1.94. The lowest BCUT2D eigenvalue weighted by Crippen LogP contribution is -2.41. The van der Waals surface area contributed by atoms with E-state index in [4.69, 9.17) is 0 Å². The van der Waals surface area contributed by atoms with Crippen molar-refractivity contribution in [1.29, 1.82) is 0 Å². The van der Waals surface area contributed by atoms with Gasteiger partial charge in [-0.25, -0.2) is 13.1 Å². The lowest BCUT2D eigenvalue weighted by molar-refractivity contribution is 0.581. The lowest BCUT2D eigenvalue weighted by Gasteiger charge is -2.12. The summed E-state index contributed by atoms with van der Waals surface area (Å²) in [6.45, 7) is 2.98. The molecule has 3 N–H and O–H groups in total. The maximum absolute atomic E-state index is 11.2. The third-order valence-corrected chi connectivity index (χ3v) is 4.11. The average Bonchev–Trinajstić information content (AvgIpc) is 2.83. The van der Waals surface area contributed by atoms with Gasteiger partial charge in [-0.05, 0) is 13.0 Å². The Labute approximate surface area is 142 Å². The van der Waals surface area contributed by atoms with Gasteiger partial charge in [-0.1, -0.05) is 0 Å². The number of halogens is 1. The molecule has 122 valence electrons. The quantitative estimate of drug-likeness (QED) is 0.238. The minimum atomic E-state index is -3.14. The van der Waals surface area contributed by atoms with E-state index in [1.165, 1.54) is 0 Å². The van der Waals surface area contributed by atoms with Crippen molar-refractivity contribution in [3.8, 4) is 0 Å². The monoisotopic (exact) mass is 430 g/mol. The Kier molecular flexibility index (Phi) is 9.53. The van der Waals surface area contributed by atoms with Crippen LogP contribution in [0.2, 0.25) is 0 Å². The Morgan fingerprint density at radius 2 is 2.10 bits per heavy atom. The molecule has 21 heavy (non-hydrogen) atoms. The van der Waals surface area contributed by atoms with Crippen LogP contribution >= 0.6 is 24.0 Å². The van der Waals surface area contributed by atoms with Gasteiger partial charge in [0, 0.05) is 33.4 Å². The van der Waals surface area contributed by atoms with Crippen molar-refractivity contribution in [1.82, 2.24) is 25.1 Å². The van der Waals surface area contributed by atoms with E-state index in [1.54, 1.807) is 24.9 Å². The van der Waals surface area contributed by atoms with Crippen LogP contribution in [-0.4, -0.2) is 50.0 Å². The van der Waals surface area contributed by atoms with Crippen molar-refractivity contribution in [3.05, 3.63) is 18.0 Å². The van der Waals surface area contributed by atoms with Crippen LogP contribution < -0.4 is 15.4 Å². The molecule has 1 aromatic rings. The summed E-state index contributed by atoms with van der Waals surface area (Å²) in [7, 11) is 0.390. The lowest BCUT2D eigenvalue weighted by atomic mass is 10.4. The molecule has 0 unspecified atom stereocenters. The highest BCUT2D eigenvalue weighted by molar-refractivity contribution is 14.0. The molecule has 0 aliphatic heterocycles. The number of nitrogens with zero attached hydrogens (tertiary/aromatic N) is 3. The van der Waals surface area contributed by atoms with Crippen LogP contribution in [0.25, 0.3) is 0 Å². The largest absolute Gasteiger partial charge is 0.355 e. The van der Waals surface area contributed by atoms with Crippen LogP contribution in [0.15, 0.2) is 17.3 Å². The van der Waals surface area contributed by atoms with Crippen LogP contribution in [-0.2, 0) is 23.6 Å². The first-order valence-corrected chi connectivity index (χ1v) is 8.02. The van der Waals surface area contributed by atoms with Crippen LogP contribution in [0.5, 0.6) is 0 Å². The Hall–Kier alpha value is -0.880. The van der Waals surface area contributed by atoms with E-state index in [2.05, 4.69) is 25.4 Å². The van der Waals surface area contributed by atoms with Crippen molar-refractivity contribution in [2.45, 2.75) is 13.5 Å². The van der Waals surface area contributed by atoms with Gasteiger partial charge in [0.2, 0.25) is 10.0 Å². The second-order valence-electron chi connectivity index (χ2n) is 4.10. The van der Waals surface area contributed by atoms with E-state index < -0.39 is 10.0 Å². The van der Waals surface area contributed by atoms with Gasteiger partial charge in [-0.3, -0.25) is 9.67 Å². The molecule has 8 nitrogen and oxygen atoms in total. The first kappa shape index (κ1) is 20.1. The number of nitrogens with one attached hydrogen (secondary N) is 3. The molecule has 0 spiro atoms. The predicted molar refractivity (Wildman–Crippen MR) is 94.3 cm³/mol. The molecular formula is C11H23IN6O2S. The smallest absolute Gasteiger partial charge is 0.211 e. The predicted octanol–water partition coefficient (Wildman–Crippen LogP) is -0.358.